The van der Waals surface area contributed by atoms with Crippen LogP contribution in [0.15, 0.2) is 17.4 Å². The molecule has 2 rings (SSSR count). The van der Waals surface area contributed by atoms with Crippen molar-refractivity contribution >= 4 is 18.9 Å². The van der Waals surface area contributed by atoms with E-state index in [1.807, 2.05) is 0 Å². The zero-order valence-corrected chi connectivity index (χ0v) is 7.55. The Balaban J connectivity index is 2.90. The SMILES string of the molecule is O=c1[nH]cnc2c1ncn2P(=O)(O)O. The van der Waals surface area contributed by atoms with Crippen molar-refractivity contribution in [3.05, 3.63) is 23.0 Å². The summed E-state index contributed by atoms with van der Waals surface area (Å²) >= 11 is 0. The molecule has 0 unspecified atom stereocenters. The predicted molar refractivity (Wildman–Crippen MR) is 45.6 cm³/mol. The van der Waals surface area contributed by atoms with Crippen molar-refractivity contribution in [1.29, 1.82) is 0 Å². The van der Waals surface area contributed by atoms with Crippen LogP contribution in [0.1, 0.15) is 0 Å². The van der Waals surface area contributed by atoms with E-state index in [2.05, 4.69) is 15.0 Å². The molecule has 0 aromatic carbocycles. The lowest BCUT2D eigenvalue weighted by molar-refractivity contribution is 0.362. The van der Waals surface area contributed by atoms with Gasteiger partial charge in [0, 0.05) is 0 Å². The Kier molecular flexibility index (Phi) is 1.78. The van der Waals surface area contributed by atoms with Gasteiger partial charge >= 0.3 is 7.75 Å². The van der Waals surface area contributed by atoms with E-state index in [-0.39, 0.29) is 11.2 Å². The van der Waals surface area contributed by atoms with Gasteiger partial charge in [-0.15, -0.1) is 0 Å². The third-order valence-corrected chi connectivity index (χ3v) is 2.46. The minimum absolute atomic E-state index is 0.101. The van der Waals surface area contributed by atoms with Crippen LogP contribution in [0.2, 0.25) is 0 Å². The molecular formula is C5H5N4O4P. The summed E-state index contributed by atoms with van der Waals surface area (Å²) in [5, 5.41) is 0. The summed E-state index contributed by atoms with van der Waals surface area (Å²) in [7, 11) is -4.50. The van der Waals surface area contributed by atoms with Crippen LogP contribution in [-0.2, 0) is 4.57 Å². The third kappa shape index (κ3) is 1.25. The Morgan fingerprint density at radius 1 is 1.43 bits per heavy atom. The van der Waals surface area contributed by atoms with Gasteiger partial charge in [0.1, 0.15) is 6.33 Å². The number of rotatable bonds is 1. The lowest BCUT2D eigenvalue weighted by atomic mass is 10.6. The second-order valence-electron chi connectivity index (χ2n) is 2.51. The Morgan fingerprint density at radius 3 is 2.79 bits per heavy atom. The van der Waals surface area contributed by atoms with Crippen LogP contribution in [0.25, 0.3) is 11.2 Å². The van der Waals surface area contributed by atoms with Gasteiger partial charge in [-0.3, -0.25) is 4.79 Å². The number of hydrogen-bond donors (Lipinski definition) is 3. The molecule has 0 spiro atoms. The van der Waals surface area contributed by atoms with Crippen LogP contribution in [0, 0.1) is 0 Å². The van der Waals surface area contributed by atoms with Crippen LogP contribution in [-0.4, -0.2) is 29.1 Å². The number of imidazole rings is 1. The van der Waals surface area contributed by atoms with Gasteiger partial charge in [-0.1, -0.05) is 0 Å². The van der Waals surface area contributed by atoms with E-state index >= 15 is 0 Å². The summed E-state index contributed by atoms with van der Waals surface area (Å²) in [4.78, 5) is 38.2. The molecule has 8 nitrogen and oxygen atoms in total. The van der Waals surface area contributed by atoms with E-state index in [4.69, 9.17) is 9.79 Å². The van der Waals surface area contributed by atoms with Crippen molar-refractivity contribution in [2.24, 2.45) is 0 Å². The summed E-state index contributed by atoms with van der Waals surface area (Å²) in [5.74, 6) is 0. The molecule has 74 valence electrons. The van der Waals surface area contributed by atoms with Gasteiger partial charge in [0.2, 0.25) is 0 Å². The summed E-state index contributed by atoms with van der Waals surface area (Å²) < 4.78 is 11.4. The van der Waals surface area contributed by atoms with Crippen LogP contribution >= 0.6 is 7.75 Å². The smallest absolute Gasteiger partial charge is 0.311 e. The summed E-state index contributed by atoms with van der Waals surface area (Å²) in [6, 6.07) is 0. The first-order valence-electron chi connectivity index (χ1n) is 3.47. The molecule has 0 saturated heterocycles. The van der Waals surface area contributed by atoms with Crippen molar-refractivity contribution in [2.45, 2.75) is 0 Å². The summed E-state index contributed by atoms with van der Waals surface area (Å²) in [6.45, 7) is 0. The maximum absolute atomic E-state index is 11.1. The van der Waals surface area contributed by atoms with Gasteiger partial charge in [-0.2, -0.15) is 0 Å². The molecular weight excluding hydrogens is 211 g/mol. The highest BCUT2D eigenvalue weighted by Gasteiger charge is 2.21. The zero-order chi connectivity index (χ0) is 10.3. The highest BCUT2D eigenvalue weighted by molar-refractivity contribution is 7.50. The number of H-pyrrole nitrogens is 1. The molecule has 14 heavy (non-hydrogen) atoms. The first-order valence-corrected chi connectivity index (χ1v) is 5.04. The van der Waals surface area contributed by atoms with Gasteiger partial charge in [-0.25, -0.2) is 18.9 Å². The molecule has 0 saturated carbocycles. The number of fused-ring (bicyclic) bond motifs is 1. The van der Waals surface area contributed by atoms with Crippen LogP contribution in [0.3, 0.4) is 0 Å². The zero-order valence-electron chi connectivity index (χ0n) is 6.65. The molecule has 3 N–H and O–H groups in total. The number of aromatic amines is 1. The largest absolute Gasteiger partial charge is 0.436 e. The highest BCUT2D eigenvalue weighted by atomic mass is 31.2. The Labute approximate surface area is 76.5 Å². The van der Waals surface area contributed by atoms with Crippen LogP contribution < -0.4 is 5.56 Å². The van der Waals surface area contributed by atoms with Crippen molar-refractivity contribution in [3.8, 4) is 0 Å². The second-order valence-corrected chi connectivity index (χ2v) is 3.96. The molecule has 2 aromatic heterocycles. The lowest BCUT2D eigenvalue weighted by Crippen LogP contribution is -2.07. The second kappa shape index (κ2) is 2.74. The van der Waals surface area contributed by atoms with Crippen LogP contribution in [0.5, 0.6) is 0 Å². The number of aromatic nitrogens is 4. The van der Waals surface area contributed by atoms with Gasteiger partial charge in [0.25, 0.3) is 5.56 Å². The fraction of sp³-hybridized carbons (Fsp3) is 0. The molecule has 2 aromatic rings. The molecule has 0 aliphatic heterocycles. The molecule has 0 aliphatic carbocycles. The molecule has 0 amide bonds. The highest BCUT2D eigenvalue weighted by Crippen LogP contribution is 2.38. The quantitative estimate of drug-likeness (QED) is 0.529. The predicted octanol–water partition coefficient (Wildman–Crippen LogP) is -0.940. The minimum atomic E-state index is -4.50. The molecule has 9 heteroatoms. The van der Waals surface area contributed by atoms with Gasteiger partial charge in [0.05, 0.1) is 6.33 Å². The van der Waals surface area contributed by atoms with E-state index in [0.29, 0.717) is 4.34 Å². The van der Waals surface area contributed by atoms with Crippen molar-refractivity contribution < 1.29 is 14.4 Å². The number of hydrogen-bond acceptors (Lipinski definition) is 4. The van der Waals surface area contributed by atoms with E-state index in [0.717, 1.165) is 12.7 Å². The maximum Gasteiger partial charge on any atom is 0.436 e. The monoisotopic (exact) mass is 216 g/mol. The summed E-state index contributed by atoms with van der Waals surface area (Å²) in [5.41, 5.74) is -0.778. The Bertz CT molecular complexity index is 581. The molecule has 0 atom stereocenters. The molecule has 0 bridgehead atoms. The van der Waals surface area contributed by atoms with Crippen molar-refractivity contribution in [2.75, 3.05) is 0 Å². The standard InChI is InChI=1S/C5H5N4O4P/c10-5-3-4(6-1-7-5)9(2-8-3)14(11,12)13/h1-2H,(H,6,7,10)(H2,11,12,13). The van der Waals surface area contributed by atoms with Gasteiger partial charge in [-0.05, 0) is 0 Å². The average molecular weight is 216 g/mol. The van der Waals surface area contributed by atoms with Gasteiger partial charge < -0.3 is 14.8 Å². The average Bonchev–Trinajstić information content (AvgIpc) is 2.47. The first-order chi connectivity index (χ1) is 6.50. The van der Waals surface area contributed by atoms with Crippen LogP contribution in [0.4, 0.5) is 0 Å². The lowest BCUT2D eigenvalue weighted by Gasteiger charge is -2.03. The first kappa shape index (κ1) is 9.07. The molecule has 2 heterocycles. The van der Waals surface area contributed by atoms with Crippen molar-refractivity contribution in [3.63, 3.8) is 0 Å². The maximum atomic E-state index is 11.1. The van der Waals surface area contributed by atoms with Crippen molar-refractivity contribution in [1.82, 2.24) is 19.3 Å². The third-order valence-electron chi connectivity index (χ3n) is 1.60. The fourth-order valence-corrected chi connectivity index (χ4v) is 1.60. The molecule has 0 radical (unpaired) electrons. The van der Waals surface area contributed by atoms with E-state index < -0.39 is 13.3 Å². The van der Waals surface area contributed by atoms with E-state index in [1.165, 1.54) is 0 Å². The summed E-state index contributed by atoms with van der Waals surface area (Å²) in [6.07, 6.45) is 1.94. The normalized spacial score (nSPS) is 12.1. The Morgan fingerprint density at radius 2 is 2.14 bits per heavy atom. The topological polar surface area (TPSA) is 121 Å². The van der Waals surface area contributed by atoms with E-state index in [9.17, 15) is 9.36 Å². The number of nitrogens with one attached hydrogen (secondary N) is 1. The minimum Gasteiger partial charge on any atom is -0.311 e. The Hall–Kier alpha value is -1.50. The fourth-order valence-electron chi connectivity index (χ4n) is 1.02. The van der Waals surface area contributed by atoms with Gasteiger partial charge in [0.15, 0.2) is 11.2 Å². The van der Waals surface area contributed by atoms with E-state index in [1.54, 1.807) is 0 Å². The number of nitrogens with zero attached hydrogens (tertiary/aromatic N) is 3. The molecule has 0 aliphatic rings. The molecule has 0 fully saturated rings.